The van der Waals surface area contributed by atoms with Crippen molar-refractivity contribution < 1.29 is 4.43 Å². The van der Waals surface area contributed by atoms with Crippen molar-refractivity contribution in [2.45, 2.75) is 25.1 Å². The van der Waals surface area contributed by atoms with Gasteiger partial charge in [-0.25, -0.2) is 0 Å². The van der Waals surface area contributed by atoms with E-state index in [1.165, 1.54) is 0 Å². The van der Waals surface area contributed by atoms with Crippen LogP contribution < -0.4 is 0 Å². The number of aromatic nitrogens is 1. The molecule has 17 heavy (non-hydrogen) atoms. The average molecular weight is 245 g/mol. The largest absolute Gasteiger partial charge is 0.415 e. The van der Waals surface area contributed by atoms with Crippen LogP contribution in [0, 0.1) is 22.7 Å². The first-order chi connectivity index (χ1) is 8.10. The van der Waals surface area contributed by atoms with Crippen molar-refractivity contribution in [1.29, 1.82) is 10.5 Å². The van der Waals surface area contributed by atoms with Gasteiger partial charge in [-0.3, -0.25) is 4.98 Å². The maximum atomic E-state index is 8.85. The van der Waals surface area contributed by atoms with Gasteiger partial charge in [0.1, 0.15) is 5.54 Å². The van der Waals surface area contributed by atoms with E-state index >= 15 is 0 Å². The van der Waals surface area contributed by atoms with E-state index in [1.54, 1.807) is 6.20 Å². The Morgan fingerprint density at radius 2 is 2.06 bits per heavy atom. The lowest BCUT2D eigenvalue weighted by Gasteiger charge is -2.23. The Morgan fingerprint density at radius 3 is 2.59 bits per heavy atom. The molecular formula is C12H15N3OSi. The van der Waals surface area contributed by atoms with Gasteiger partial charge in [-0.2, -0.15) is 10.5 Å². The van der Waals surface area contributed by atoms with Gasteiger partial charge in [0, 0.05) is 24.9 Å². The summed E-state index contributed by atoms with van der Waals surface area (Å²) in [5.74, 6) is 0. The quantitative estimate of drug-likeness (QED) is 0.746. The van der Waals surface area contributed by atoms with Gasteiger partial charge in [0.2, 0.25) is 8.32 Å². The van der Waals surface area contributed by atoms with E-state index in [1.807, 2.05) is 43.4 Å². The van der Waals surface area contributed by atoms with Crippen LogP contribution in [0.1, 0.15) is 5.69 Å². The molecule has 1 aromatic heterocycles. The molecule has 0 bridgehead atoms. The lowest BCUT2D eigenvalue weighted by Crippen LogP contribution is -2.36. The molecule has 1 aromatic rings. The van der Waals surface area contributed by atoms with E-state index in [2.05, 4.69) is 4.98 Å². The molecule has 0 aliphatic carbocycles. The average Bonchev–Trinajstić information content (AvgIpc) is 2.31. The fourth-order valence-electron chi connectivity index (χ4n) is 1.39. The highest BCUT2D eigenvalue weighted by atomic mass is 28.4. The Hall–Kier alpha value is -1.69. The smallest absolute Gasteiger partial charge is 0.219 e. The van der Waals surface area contributed by atoms with Crippen LogP contribution >= 0.6 is 0 Å². The van der Waals surface area contributed by atoms with E-state index in [9.17, 15) is 0 Å². The molecule has 88 valence electrons. The molecule has 1 rings (SSSR count). The summed E-state index contributed by atoms with van der Waals surface area (Å²) in [6.07, 6.45) is 2.45. The lowest BCUT2D eigenvalue weighted by molar-refractivity contribution is 0.309. The minimum absolute atomic E-state index is 0.510. The van der Waals surface area contributed by atoms with Crippen LogP contribution in [-0.2, 0) is 10.8 Å². The van der Waals surface area contributed by atoms with Crippen LogP contribution in [-0.4, -0.2) is 19.9 Å². The summed E-state index contributed by atoms with van der Waals surface area (Å²) < 4.78 is 5.73. The lowest BCUT2D eigenvalue weighted by atomic mass is 10.3. The van der Waals surface area contributed by atoms with Gasteiger partial charge in [-0.15, -0.1) is 0 Å². The monoisotopic (exact) mass is 245 g/mol. The SMILES string of the molecule is C[Si](C)(OCCc1ccccn1)C(C#N)C#N. The van der Waals surface area contributed by atoms with Crippen LogP contribution in [0.4, 0.5) is 0 Å². The van der Waals surface area contributed by atoms with E-state index in [0.29, 0.717) is 13.0 Å². The second-order valence-corrected chi connectivity index (χ2v) is 8.29. The summed E-state index contributed by atoms with van der Waals surface area (Å²) in [4.78, 5) is 4.19. The molecule has 0 aliphatic rings. The predicted octanol–water partition coefficient (Wildman–Crippen LogP) is 2.26. The minimum Gasteiger partial charge on any atom is -0.415 e. The minimum atomic E-state index is -2.24. The molecule has 0 unspecified atom stereocenters. The first-order valence-electron chi connectivity index (χ1n) is 5.43. The fraction of sp³-hybridized carbons (Fsp3) is 0.417. The van der Waals surface area contributed by atoms with Gasteiger partial charge in [0.25, 0.3) is 0 Å². The number of rotatable bonds is 5. The molecule has 0 radical (unpaired) electrons. The summed E-state index contributed by atoms with van der Waals surface area (Å²) in [5, 5.41) is 17.7. The van der Waals surface area contributed by atoms with Gasteiger partial charge >= 0.3 is 0 Å². The number of hydrogen-bond acceptors (Lipinski definition) is 4. The van der Waals surface area contributed by atoms with Crippen molar-refractivity contribution in [3.8, 4) is 12.1 Å². The van der Waals surface area contributed by atoms with Crippen molar-refractivity contribution >= 4 is 8.32 Å². The van der Waals surface area contributed by atoms with Gasteiger partial charge in [0.15, 0.2) is 0 Å². The molecule has 0 amide bonds. The Bertz CT molecular complexity index is 419. The van der Waals surface area contributed by atoms with Crippen molar-refractivity contribution in [3.63, 3.8) is 0 Å². The van der Waals surface area contributed by atoms with E-state index in [0.717, 1.165) is 5.69 Å². The Morgan fingerprint density at radius 1 is 1.35 bits per heavy atom. The fourth-order valence-corrected chi connectivity index (χ4v) is 2.80. The molecule has 0 aliphatic heterocycles. The van der Waals surface area contributed by atoms with Crippen LogP contribution in [0.25, 0.3) is 0 Å². The van der Waals surface area contributed by atoms with Crippen molar-refractivity contribution in [2.24, 2.45) is 0 Å². The summed E-state index contributed by atoms with van der Waals surface area (Å²) in [6.45, 7) is 4.29. The van der Waals surface area contributed by atoms with Crippen LogP contribution in [0.3, 0.4) is 0 Å². The number of hydrogen-bond donors (Lipinski definition) is 0. The Labute approximate surface area is 103 Å². The van der Waals surface area contributed by atoms with Gasteiger partial charge < -0.3 is 4.43 Å². The van der Waals surface area contributed by atoms with Crippen molar-refractivity contribution in [3.05, 3.63) is 30.1 Å². The van der Waals surface area contributed by atoms with Crippen LogP contribution in [0.5, 0.6) is 0 Å². The second kappa shape index (κ2) is 6.14. The van der Waals surface area contributed by atoms with Gasteiger partial charge in [-0.05, 0) is 25.2 Å². The third-order valence-corrected chi connectivity index (χ3v) is 5.11. The normalized spacial score (nSPS) is 10.9. The highest BCUT2D eigenvalue weighted by Crippen LogP contribution is 2.21. The summed E-state index contributed by atoms with van der Waals surface area (Å²) in [5.41, 5.74) is 0.342. The van der Waals surface area contributed by atoms with Crippen LogP contribution in [0.15, 0.2) is 24.4 Å². The first-order valence-corrected chi connectivity index (χ1v) is 8.42. The number of nitrogens with zero attached hydrogens (tertiary/aromatic N) is 3. The Balaban J connectivity index is 2.47. The zero-order valence-corrected chi connectivity index (χ0v) is 11.1. The van der Waals surface area contributed by atoms with E-state index in [-0.39, 0.29) is 0 Å². The molecule has 0 aromatic carbocycles. The second-order valence-electron chi connectivity index (χ2n) is 4.21. The number of nitriles is 2. The molecule has 5 heteroatoms. The molecule has 0 saturated heterocycles. The zero-order chi connectivity index (χ0) is 12.7. The molecule has 0 spiro atoms. The predicted molar refractivity (Wildman–Crippen MR) is 66.4 cm³/mol. The third kappa shape index (κ3) is 3.99. The molecule has 0 fully saturated rings. The van der Waals surface area contributed by atoms with Crippen molar-refractivity contribution in [1.82, 2.24) is 4.98 Å². The van der Waals surface area contributed by atoms with Crippen molar-refractivity contribution in [2.75, 3.05) is 6.61 Å². The maximum absolute atomic E-state index is 8.85. The van der Waals surface area contributed by atoms with Gasteiger partial charge in [-0.1, -0.05) is 6.07 Å². The summed E-state index contributed by atoms with van der Waals surface area (Å²) in [7, 11) is -2.24. The first kappa shape index (κ1) is 13.4. The molecule has 4 nitrogen and oxygen atoms in total. The topological polar surface area (TPSA) is 69.7 Å². The molecule has 0 saturated carbocycles. The van der Waals surface area contributed by atoms with E-state index < -0.39 is 13.9 Å². The molecule has 1 heterocycles. The molecule has 0 atom stereocenters. The highest BCUT2D eigenvalue weighted by molar-refractivity contribution is 6.74. The summed E-state index contributed by atoms with van der Waals surface area (Å²) in [6, 6.07) is 9.73. The van der Waals surface area contributed by atoms with Crippen LogP contribution in [0.2, 0.25) is 18.6 Å². The molecule has 0 N–H and O–H groups in total. The zero-order valence-electron chi connectivity index (χ0n) is 10.1. The van der Waals surface area contributed by atoms with Gasteiger partial charge in [0.05, 0.1) is 12.1 Å². The summed E-state index contributed by atoms with van der Waals surface area (Å²) >= 11 is 0. The Kier molecular flexibility index (Phi) is 4.83. The maximum Gasteiger partial charge on any atom is 0.219 e. The third-order valence-electron chi connectivity index (χ3n) is 2.51. The standard InChI is InChI=1S/C12H15N3OSi/c1-17(2,12(9-13)10-14)16-8-6-11-5-3-4-7-15-11/h3-5,7,12H,6,8H2,1-2H3. The number of pyridine rings is 1. The van der Waals surface area contributed by atoms with E-state index in [4.69, 9.17) is 14.9 Å². The highest BCUT2D eigenvalue weighted by Gasteiger charge is 2.34. The molecular weight excluding hydrogens is 230 g/mol.